The third kappa shape index (κ3) is 6.19. The van der Waals surface area contributed by atoms with Gasteiger partial charge in [-0.3, -0.25) is 14.7 Å². The molecule has 1 spiro atoms. The van der Waals surface area contributed by atoms with Gasteiger partial charge < -0.3 is 20.3 Å². The predicted molar refractivity (Wildman–Crippen MR) is 128 cm³/mol. The number of methoxy groups -OCH3 is 1. The summed E-state index contributed by atoms with van der Waals surface area (Å²) in [5.41, 5.74) is 0.112. The lowest BCUT2D eigenvalue weighted by molar-refractivity contribution is -0.119. The first-order chi connectivity index (χ1) is 13.4. The van der Waals surface area contributed by atoms with E-state index in [9.17, 15) is 4.79 Å². The Balaban J connectivity index is 0.00000300. The molecule has 0 saturated carbocycles. The summed E-state index contributed by atoms with van der Waals surface area (Å²) < 4.78 is 5.52. The van der Waals surface area contributed by atoms with Crippen molar-refractivity contribution in [1.82, 2.24) is 20.4 Å². The largest absolute Gasteiger partial charge is 0.381 e. The van der Waals surface area contributed by atoms with Crippen molar-refractivity contribution >= 4 is 35.8 Å². The lowest BCUT2D eigenvalue weighted by Gasteiger charge is -2.43. The first-order valence-corrected chi connectivity index (χ1v) is 11.0. The fourth-order valence-corrected chi connectivity index (χ4v) is 4.92. The number of hydrogen-bond acceptors (Lipinski definition) is 4. The van der Waals surface area contributed by atoms with Gasteiger partial charge in [-0.05, 0) is 46.5 Å². The Bertz CT molecular complexity index is 577. The van der Waals surface area contributed by atoms with Crippen LogP contribution in [0, 0.1) is 5.41 Å². The molecule has 2 N–H and O–H groups in total. The number of rotatable bonds is 5. The van der Waals surface area contributed by atoms with Crippen molar-refractivity contribution in [3.05, 3.63) is 0 Å². The van der Waals surface area contributed by atoms with Crippen LogP contribution in [0.1, 0.15) is 52.9 Å². The van der Waals surface area contributed by atoms with Gasteiger partial charge in [-0.15, -0.1) is 24.0 Å². The second-order valence-electron chi connectivity index (χ2n) is 9.38. The Labute approximate surface area is 193 Å². The minimum absolute atomic E-state index is 0. The number of carbonyl (C=O) groups excluding carboxylic acids is 1. The second-order valence-corrected chi connectivity index (χ2v) is 9.38. The molecule has 3 aliphatic heterocycles. The van der Waals surface area contributed by atoms with Crippen LogP contribution in [0.25, 0.3) is 0 Å². The molecule has 168 valence electrons. The van der Waals surface area contributed by atoms with Gasteiger partial charge in [0.2, 0.25) is 5.91 Å². The molecule has 8 heteroatoms. The number of likely N-dealkylation sites (tertiary alicyclic amines) is 2. The van der Waals surface area contributed by atoms with E-state index in [0.717, 1.165) is 77.5 Å². The molecular weight excluding hydrogens is 481 g/mol. The van der Waals surface area contributed by atoms with Crippen LogP contribution < -0.4 is 10.6 Å². The fraction of sp³-hybridized carbons (Fsp3) is 0.905. The number of aliphatic imine (C=N–C) groups is 1. The van der Waals surface area contributed by atoms with E-state index in [2.05, 4.69) is 41.2 Å². The van der Waals surface area contributed by atoms with Gasteiger partial charge in [0.05, 0.1) is 12.6 Å². The third-order valence-corrected chi connectivity index (χ3v) is 6.74. The van der Waals surface area contributed by atoms with Crippen molar-refractivity contribution in [2.24, 2.45) is 10.4 Å². The number of halogens is 1. The van der Waals surface area contributed by atoms with E-state index in [4.69, 9.17) is 9.73 Å². The Morgan fingerprint density at radius 2 is 2.07 bits per heavy atom. The molecule has 7 nitrogen and oxygen atoms in total. The quantitative estimate of drug-likeness (QED) is 0.330. The van der Waals surface area contributed by atoms with E-state index >= 15 is 0 Å². The monoisotopic (exact) mass is 521 g/mol. The zero-order valence-electron chi connectivity index (χ0n) is 18.6. The van der Waals surface area contributed by atoms with E-state index in [1.807, 2.05) is 7.11 Å². The number of guanidine groups is 1. The summed E-state index contributed by atoms with van der Waals surface area (Å²) in [5.74, 6) is 1.20. The molecule has 3 aliphatic rings. The Kier molecular flexibility index (Phi) is 9.03. The summed E-state index contributed by atoms with van der Waals surface area (Å²) in [6.45, 7) is 13.2. The van der Waals surface area contributed by atoms with Gasteiger partial charge in [0.1, 0.15) is 0 Å². The van der Waals surface area contributed by atoms with Gasteiger partial charge in [-0.1, -0.05) is 0 Å². The Hall–Kier alpha value is -0.610. The van der Waals surface area contributed by atoms with Gasteiger partial charge in [-0.25, -0.2) is 0 Å². The van der Waals surface area contributed by atoms with Crippen LogP contribution >= 0.6 is 24.0 Å². The molecule has 3 saturated heterocycles. The summed E-state index contributed by atoms with van der Waals surface area (Å²) in [4.78, 5) is 21.8. The van der Waals surface area contributed by atoms with Crippen LogP contribution in [0.5, 0.6) is 0 Å². The lowest BCUT2D eigenvalue weighted by Crippen LogP contribution is -2.53. The Morgan fingerprint density at radius 1 is 1.34 bits per heavy atom. The number of piperidine rings is 2. The lowest BCUT2D eigenvalue weighted by atomic mass is 9.79. The maximum Gasteiger partial charge on any atom is 0.220 e. The van der Waals surface area contributed by atoms with Gasteiger partial charge >= 0.3 is 0 Å². The van der Waals surface area contributed by atoms with Crippen LogP contribution in [0.4, 0.5) is 0 Å². The molecule has 0 aromatic rings. The zero-order valence-corrected chi connectivity index (χ0v) is 21.0. The zero-order chi connectivity index (χ0) is 20.2. The highest BCUT2D eigenvalue weighted by Crippen LogP contribution is 2.36. The summed E-state index contributed by atoms with van der Waals surface area (Å²) in [6.07, 6.45) is 5.50. The first kappa shape index (κ1) is 24.7. The summed E-state index contributed by atoms with van der Waals surface area (Å²) in [5, 5.41) is 6.53. The topological polar surface area (TPSA) is 69.2 Å². The van der Waals surface area contributed by atoms with Crippen LogP contribution in [0.2, 0.25) is 0 Å². The number of nitrogens with one attached hydrogen (secondary N) is 2. The summed E-state index contributed by atoms with van der Waals surface area (Å²) >= 11 is 0. The molecular formula is C21H40IN5O2. The maximum absolute atomic E-state index is 11.8. The molecule has 0 bridgehead atoms. The second kappa shape index (κ2) is 10.6. The van der Waals surface area contributed by atoms with E-state index < -0.39 is 0 Å². The highest BCUT2D eigenvalue weighted by Gasteiger charge is 2.42. The number of nitrogens with zero attached hydrogens (tertiary/aromatic N) is 3. The average molecular weight is 521 g/mol. The molecule has 0 aromatic heterocycles. The van der Waals surface area contributed by atoms with Crippen LogP contribution in [0.3, 0.4) is 0 Å². The van der Waals surface area contributed by atoms with E-state index in [1.54, 1.807) is 0 Å². The molecule has 29 heavy (non-hydrogen) atoms. The minimum atomic E-state index is 0. The van der Waals surface area contributed by atoms with E-state index in [0.29, 0.717) is 12.5 Å². The van der Waals surface area contributed by atoms with Crippen molar-refractivity contribution in [3.63, 3.8) is 0 Å². The normalized spacial score (nSPS) is 27.1. The van der Waals surface area contributed by atoms with Gasteiger partial charge in [-0.2, -0.15) is 0 Å². The van der Waals surface area contributed by atoms with Gasteiger partial charge in [0.15, 0.2) is 5.96 Å². The molecule has 3 heterocycles. The first-order valence-electron chi connectivity index (χ1n) is 11.0. The molecule has 1 atom stereocenters. The molecule has 1 amide bonds. The SMILES string of the molecule is CCNC(=NCC(C)(C)N1CCC(OC)CC1)N1CCCC2(CNC(=O)C2)C1.I. The van der Waals surface area contributed by atoms with Gasteiger partial charge in [0.25, 0.3) is 0 Å². The van der Waals surface area contributed by atoms with E-state index in [-0.39, 0.29) is 40.8 Å². The van der Waals surface area contributed by atoms with Crippen LogP contribution in [-0.2, 0) is 9.53 Å². The average Bonchev–Trinajstić information content (AvgIpc) is 3.04. The predicted octanol–water partition coefficient (Wildman–Crippen LogP) is 2.06. The highest BCUT2D eigenvalue weighted by molar-refractivity contribution is 14.0. The molecule has 3 rings (SSSR count). The minimum Gasteiger partial charge on any atom is -0.381 e. The molecule has 0 aliphatic carbocycles. The van der Waals surface area contributed by atoms with Crippen molar-refractivity contribution in [1.29, 1.82) is 0 Å². The summed E-state index contributed by atoms with van der Waals surface area (Å²) in [6, 6.07) is 0. The highest BCUT2D eigenvalue weighted by atomic mass is 127. The van der Waals surface area contributed by atoms with E-state index in [1.165, 1.54) is 0 Å². The maximum atomic E-state index is 11.8. The van der Waals surface area contributed by atoms with Crippen molar-refractivity contribution in [2.45, 2.75) is 64.5 Å². The Morgan fingerprint density at radius 3 is 2.66 bits per heavy atom. The van der Waals surface area contributed by atoms with Crippen LogP contribution in [0.15, 0.2) is 4.99 Å². The number of ether oxygens (including phenoxy) is 1. The third-order valence-electron chi connectivity index (χ3n) is 6.74. The number of carbonyl (C=O) groups is 1. The summed E-state index contributed by atoms with van der Waals surface area (Å²) in [7, 11) is 1.82. The number of hydrogen-bond donors (Lipinski definition) is 2. The molecule has 0 radical (unpaired) electrons. The molecule has 3 fully saturated rings. The standard InChI is InChI=1S/C21H39N5O2.HI/c1-5-22-19(25-10-6-9-21(16-25)13-18(27)23-15-21)24-14-20(2,3)26-11-7-17(28-4)8-12-26;/h17H,5-16H2,1-4H3,(H,22,24)(H,23,27);1H. The molecule has 1 unspecified atom stereocenters. The van der Waals surface area contributed by atoms with Crippen molar-refractivity contribution in [2.75, 3.05) is 52.9 Å². The van der Waals surface area contributed by atoms with Crippen molar-refractivity contribution in [3.8, 4) is 0 Å². The molecule has 0 aromatic carbocycles. The number of amides is 1. The fourth-order valence-electron chi connectivity index (χ4n) is 4.92. The van der Waals surface area contributed by atoms with Gasteiger partial charge in [0, 0.05) is 63.8 Å². The van der Waals surface area contributed by atoms with Crippen molar-refractivity contribution < 1.29 is 9.53 Å². The smallest absolute Gasteiger partial charge is 0.220 e. The van der Waals surface area contributed by atoms with Crippen LogP contribution in [-0.4, -0.2) is 86.2 Å².